The Kier molecular flexibility index (Phi) is 4.43. The van der Waals surface area contributed by atoms with Crippen molar-refractivity contribution in [1.82, 2.24) is 19.7 Å². The second-order valence-corrected chi connectivity index (χ2v) is 7.95. The summed E-state index contributed by atoms with van der Waals surface area (Å²) in [5.41, 5.74) is 0.373. The molecule has 1 aromatic rings. The van der Waals surface area contributed by atoms with Crippen LogP contribution in [0.3, 0.4) is 0 Å². The number of rotatable bonds is 3. The Morgan fingerprint density at radius 3 is 2.48 bits per heavy atom. The molecule has 128 valence electrons. The summed E-state index contributed by atoms with van der Waals surface area (Å²) in [5, 5.41) is 6.91. The van der Waals surface area contributed by atoms with Gasteiger partial charge in [0.05, 0.1) is 5.92 Å². The predicted molar refractivity (Wildman–Crippen MR) is 82.3 cm³/mol. The summed E-state index contributed by atoms with van der Waals surface area (Å²) in [6.07, 6.45) is 0.858. The van der Waals surface area contributed by atoms with Crippen molar-refractivity contribution in [3.8, 4) is 0 Å². The van der Waals surface area contributed by atoms with Gasteiger partial charge in [0.2, 0.25) is 15.9 Å². The van der Waals surface area contributed by atoms with E-state index in [9.17, 15) is 13.2 Å². The molecule has 3 rings (SSSR count). The van der Waals surface area contributed by atoms with Crippen LogP contribution in [-0.4, -0.2) is 68.0 Å². The summed E-state index contributed by atoms with van der Waals surface area (Å²) < 4.78 is 31.9. The van der Waals surface area contributed by atoms with Gasteiger partial charge in [0.25, 0.3) is 0 Å². The number of carbonyl (C=O) groups is 1. The molecule has 2 aliphatic heterocycles. The Balaban J connectivity index is 1.68. The normalized spacial score (nSPS) is 23.4. The van der Waals surface area contributed by atoms with Crippen LogP contribution in [0.25, 0.3) is 0 Å². The molecule has 1 N–H and O–H groups in total. The predicted octanol–water partition coefficient (Wildman–Crippen LogP) is -0.266. The number of sulfonamides is 1. The number of nitrogens with zero attached hydrogens (tertiary/aromatic N) is 3. The van der Waals surface area contributed by atoms with Crippen molar-refractivity contribution in [2.45, 2.75) is 25.2 Å². The number of piperazine rings is 1. The molecule has 9 heteroatoms. The van der Waals surface area contributed by atoms with E-state index in [1.165, 1.54) is 4.31 Å². The number of amides is 1. The van der Waals surface area contributed by atoms with Crippen LogP contribution < -0.4 is 5.32 Å². The van der Waals surface area contributed by atoms with Gasteiger partial charge in [-0.15, -0.1) is 0 Å². The minimum atomic E-state index is -3.62. The lowest BCUT2D eigenvalue weighted by molar-refractivity contribution is -0.136. The Labute approximate surface area is 135 Å². The maximum absolute atomic E-state index is 12.7. The first kappa shape index (κ1) is 16.4. The van der Waals surface area contributed by atoms with Crippen molar-refractivity contribution >= 4 is 15.9 Å². The summed E-state index contributed by atoms with van der Waals surface area (Å²) in [6, 6.07) is 0. The Morgan fingerprint density at radius 2 is 1.96 bits per heavy atom. The van der Waals surface area contributed by atoms with Crippen LogP contribution >= 0.6 is 0 Å². The second kappa shape index (κ2) is 6.21. The fourth-order valence-corrected chi connectivity index (χ4v) is 4.96. The van der Waals surface area contributed by atoms with Gasteiger partial charge in [-0.2, -0.15) is 4.31 Å². The molecule has 1 amide bonds. The number of carbonyl (C=O) groups excluding carboxylic acids is 1. The topological polar surface area (TPSA) is 95.8 Å². The molecule has 0 aliphatic carbocycles. The first-order chi connectivity index (χ1) is 10.9. The number of nitrogens with one attached hydrogen (secondary N) is 1. The minimum Gasteiger partial charge on any atom is -0.360 e. The molecule has 0 radical (unpaired) electrons. The van der Waals surface area contributed by atoms with Gasteiger partial charge in [0.15, 0.2) is 5.76 Å². The molecule has 1 aromatic heterocycles. The third-order valence-electron chi connectivity index (χ3n) is 4.53. The molecule has 0 aromatic carbocycles. The molecular formula is C14H22N4O4S. The fourth-order valence-electron chi connectivity index (χ4n) is 3.24. The molecule has 1 atom stereocenters. The van der Waals surface area contributed by atoms with Crippen molar-refractivity contribution in [3.63, 3.8) is 0 Å². The summed E-state index contributed by atoms with van der Waals surface area (Å²) in [6.45, 7) is 6.27. The highest BCUT2D eigenvalue weighted by atomic mass is 32.2. The number of hydrogen-bond donors (Lipinski definition) is 1. The first-order valence-corrected chi connectivity index (χ1v) is 9.28. The van der Waals surface area contributed by atoms with E-state index in [1.807, 2.05) is 0 Å². The van der Waals surface area contributed by atoms with Crippen molar-refractivity contribution in [2.75, 3.05) is 39.3 Å². The van der Waals surface area contributed by atoms with E-state index < -0.39 is 10.0 Å². The fraction of sp³-hybridized carbons (Fsp3) is 0.714. The van der Waals surface area contributed by atoms with E-state index >= 15 is 0 Å². The monoisotopic (exact) mass is 342 g/mol. The van der Waals surface area contributed by atoms with E-state index in [1.54, 1.807) is 18.7 Å². The SMILES string of the molecule is Cc1noc(C)c1S(=O)(=O)N1CCN(C(=O)C2CCNC2)CC1. The maximum Gasteiger partial charge on any atom is 0.248 e. The van der Waals surface area contributed by atoms with Gasteiger partial charge in [0.1, 0.15) is 10.6 Å². The summed E-state index contributed by atoms with van der Waals surface area (Å²) in [4.78, 5) is 14.3. The zero-order valence-corrected chi connectivity index (χ0v) is 14.2. The third-order valence-corrected chi connectivity index (χ3v) is 6.67. The van der Waals surface area contributed by atoms with Crippen LogP contribution in [0.1, 0.15) is 17.9 Å². The van der Waals surface area contributed by atoms with E-state index in [-0.39, 0.29) is 16.7 Å². The van der Waals surface area contributed by atoms with E-state index in [0.29, 0.717) is 37.6 Å². The lowest BCUT2D eigenvalue weighted by atomic mass is 10.1. The van der Waals surface area contributed by atoms with Crippen molar-refractivity contribution in [1.29, 1.82) is 0 Å². The third kappa shape index (κ3) is 3.00. The highest BCUT2D eigenvalue weighted by Crippen LogP contribution is 2.24. The van der Waals surface area contributed by atoms with Crippen LogP contribution in [0.5, 0.6) is 0 Å². The molecule has 2 aliphatic rings. The minimum absolute atomic E-state index is 0.0284. The Morgan fingerprint density at radius 1 is 1.26 bits per heavy atom. The highest BCUT2D eigenvalue weighted by molar-refractivity contribution is 7.89. The van der Waals surface area contributed by atoms with Crippen LogP contribution in [0.2, 0.25) is 0 Å². The van der Waals surface area contributed by atoms with E-state index in [0.717, 1.165) is 19.5 Å². The van der Waals surface area contributed by atoms with Gasteiger partial charge in [0, 0.05) is 32.7 Å². The summed E-state index contributed by atoms with van der Waals surface area (Å²) in [7, 11) is -3.62. The van der Waals surface area contributed by atoms with Crippen LogP contribution in [0.15, 0.2) is 9.42 Å². The zero-order valence-electron chi connectivity index (χ0n) is 13.4. The smallest absolute Gasteiger partial charge is 0.248 e. The molecule has 8 nitrogen and oxygen atoms in total. The molecule has 2 fully saturated rings. The van der Waals surface area contributed by atoms with Crippen molar-refractivity contribution in [3.05, 3.63) is 11.5 Å². The van der Waals surface area contributed by atoms with Crippen molar-refractivity contribution in [2.24, 2.45) is 5.92 Å². The van der Waals surface area contributed by atoms with Gasteiger partial charge in [-0.05, 0) is 26.8 Å². The van der Waals surface area contributed by atoms with Crippen LogP contribution in [0, 0.1) is 19.8 Å². The van der Waals surface area contributed by atoms with Crippen LogP contribution in [-0.2, 0) is 14.8 Å². The average Bonchev–Trinajstić information content (AvgIpc) is 3.17. The number of hydrogen-bond acceptors (Lipinski definition) is 6. The lowest BCUT2D eigenvalue weighted by Crippen LogP contribution is -2.52. The van der Waals surface area contributed by atoms with Crippen molar-refractivity contribution < 1.29 is 17.7 Å². The van der Waals surface area contributed by atoms with Gasteiger partial charge < -0.3 is 14.7 Å². The second-order valence-electron chi connectivity index (χ2n) is 6.07. The molecule has 0 bridgehead atoms. The first-order valence-electron chi connectivity index (χ1n) is 7.84. The largest absolute Gasteiger partial charge is 0.360 e. The zero-order chi connectivity index (χ0) is 16.6. The van der Waals surface area contributed by atoms with E-state index in [2.05, 4.69) is 10.5 Å². The van der Waals surface area contributed by atoms with E-state index in [4.69, 9.17) is 4.52 Å². The Bertz CT molecular complexity index is 666. The molecular weight excluding hydrogens is 320 g/mol. The lowest BCUT2D eigenvalue weighted by Gasteiger charge is -2.35. The molecule has 0 spiro atoms. The van der Waals surface area contributed by atoms with Gasteiger partial charge in [-0.3, -0.25) is 4.79 Å². The average molecular weight is 342 g/mol. The molecule has 2 saturated heterocycles. The highest BCUT2D eigenvalue weighted by Gasteiger charge is 2.35. The standard InChI is InChI=1S/C14H22N4O4S/c1-10-13(11(2)22-16-10)23(20,21)18-7-5-17(6-8-18)14(19)12-3-4-15-9-12/h12,15H,3-9H2,1-2H3. The summed E-state index contributed by atoms with van der Waals surface area (Å²) >= 11 is 0. The van der Waals surface area contributed by atoms with Gasteiger partial charge in [-0.25, -0.2) is 8.42 Å². The molecule has 23 heavy (non-hydrogen) atoms. The summed E-state index contributed by atoms with van der Waals surface area (Å²) in [5.74, 6) is 0.461. The number of aromatic nitrogens is 1. The molecule has 3 heterocycles. The molecule has 0 saturated carbocycles. The maximum atomic E-state index is 12.7. The van der Waals surface area contributed by atoms with Gasteiger partial charge in [-0.1, -0.05) is 5.16 Å². The number of aryl methyl sites for hydroxylation is 2. The quantitative estimate of drug-likeness (QED) is 0.813. The Hall–Kier alpha value is -1.45. The molecule has 1 unspecified atom stereocenters. The van der Waals surface area contributed by atoms with Crippen LogP contribution in [0.4, 0.5) is 0 Å². The van der Waals surface area contributed by atoms with Gasteiger partial charge >= 0.3 is 0 Å².